The van der Waals surface area contributed by atoms with Gasteiger partial charge >= 0.3 is 11.9 Å². The van der Waals surface area contributed by atoms with Crippen LogP contribution < -0.4 is 4.74 Å². The van der Waals surface area contributed by atoms with Crippen molar-refractivity contribution in [2.24, 2.45) is 0 Å². The highest BCUT2D eigenvalue weighted by Gasteiger charge is 2.04. The molecule has 4 nitrogen and oxygen atoms in total. The standard InChI is InChI=1S/C17H22O4/c1-4-5-12-20-16(18)10-11-17(19)21-15-8-6-14(7-9-15)13(2)3/h6-11,13H,4-5,12H2,1-3H3/b11-10+. The van der Waals surface area contributed by atoms with Crippen molar-refractivity contribution in [1.29, 1.82) is 0 Å². The summed E-state index contributed by atoms with van der Waals surface area (Å²) in [6, 6.07) is 7.30. The van der Waals surface area contributed by atoms with E-state index in [4.69, 9.17) is 9.47 Å². The molecule has 0 unspecified atom stereocenters. The van der Waals surface area contributed by atoms with Crippen LogP contribution in [-0.4, -0.2) is 18.5 Å². The summed E-state index contributed by atoms with van der Waals surface area (Å²) >= 11 is 0. The topological polar surface area (TPSA) is 52.6 Å². The normalized spacial score (nSPS) is 10.9. The Morgan fingerprint density at radius 3 is 2.29 bits per heavy atom. The highest BCUT2D eigenvalue weighted by molar-refractivity contribution is 5.92. The maximum Gasteiger partial charge on any atom is 0.336 e. The second-order valence-electron chi connectivity index (χ2n) is 5.00. The Hall–Kier alpha value is -2.10. The molecule has 0 aliphatic carbocycles. The van der Waals surface area contributed by atoms with Crippen molar-refractivity contribution in [2.75, 3.05) is 6.61 Å². The average molecular weight is 290 g/mol. The molecule has 21 heavy (non-hydrogen) atoms. The van der Waals surface area contributed by atoms with Gasteiger partial charge in [0.25, 0.3) is 0 Å². The number of hydrogen-bond donors (Lipinski definition) is 0. The fraction of sp³-hybridized carbons (Fsp3) is 0.412. The van der Waals surface area contributed by atoms with E-state index in [9.17, 15) is 9.59 Å². The number of carbonyl (C=O) groups excluding carboxylic acids is 2. The van der Waals surface area contributed by atoms with Crippen molar-refractivity contribution in [3.63, 3.8) is 0 Å². The van der Waals surface area contributed by atoms with Crippen molar-refractivity contribution in [2.45, 2.75) is 39.5 Å². The monoisotopic (exact) mass is 290 g/mol. The molecule has 0 atom stereocenters. The lowest BCUT2D eigenvalue weighted by atomic mass is 10.0. The lowest BCUT2D eigenvalue weighted by Crippen LogP contribution is -2.07. The molecule has 0 heterocycles. The van der Waals surface area contributed by atoms with E-state index in [1.54, 1.807) is 12.1 Å². The van der Waals surface area contributed by atoms with Crippen LogP contribution in [0.5, 0.6) is 5.75 Å². The molecule has 0 aromatic heterocycles. The Kier molecular flexibility index (Phi) is 7.23. The molecule has 0 bridgehead atoms. The molecule has 0 aliphatic rings. The lowest BCUT2D eigenvalue weighted by molar-refractivity contribution is -0.138. The van der Waals surface area contributed by atoms with Crippen LogP contribution in [0.1, 0.15) is 45.1 Å². The van der Waals surface area contributed by atoms with Gasteiger partial charge in [0.15, 0.2) is 0 Å². The maximum absolute atomic E-state index is 11.5. The predicted molar refractivity (Wildman–Crippen MR) is 81.2 cm³/mol. The molecule has 0 fully saturated rings. The van der Waals surface area contributed by atoms with E-state index in [2.05, 4.69) is 13.8 Å². The van der Waals surface area contributed by atoms with Gasteiger partial charge in [-0.2, -0.15) is 0 Å². The fourth-order valence-electron chi connectivity index (χ4n) is 1.57. The number of rotatable bonds is 7. The first-order valence-electron chi connectivity index (χ1n) is 7.19. The zero-order chi connectivity index (χ0) is 15.7. The number of unbranched alkanes of at least 4 members (excludes halogenated alkanes) is 1. The van der Waals surface area contributed by atoms with Gasteiger partial charge < -0.3 is 9.47 Å². The van der Waals surface area contributed by atoms with Gasteiger partial charge in [-0.25, -0.2) is 9.59 Å². The van der Waals surface area contributed by atoms with Gasteiger partial charge in [-0.15, -0.1) is 0 Å². The largest absolute Gasteiger partial charge is 0.463 e. The summed E-state index contributed by atoms with van der Waals surface area (Å²) in [5.41, 5.74) is 1.17. The highest BCUT2D eigenvalue weighted by Crippen LogP contribution is 2.18. The zero-order valence-electron chi connectivity index (χ0n) is 12.8. The van der Waals surface area contributed by atoms with Crippen molar-refractivity contribution < 1.29 is 19.1 Å². The Morgan fingerprint density at radius 1 is 1.10 bits per heavy atom. The molecule has 1 aromatic rings. The minimum atomic E-state index is -0.597. The van der Waals surface area contributed by atoms with Crippen LogP contribution in [0.3, 0.4) is 0 Å². The quantitative estimate of drug-likeness (QED) is 0.333. The van der Waals surface area contributed by atoms with Crippen LogP contribution in [0.25, 0.3) is 0 Å². The van der Waals surface area contributed by atoms with E-state index < -0.39 is 11.9 Å². The van der Waals surface area contributed by atoms with E-state index in [0.29, 0.717) is 18.3 Å². The van der Waals surface area contributed by atoms with Gasteiger partial charge in [0.1, 0.15) is 5.75 Å². The van der Waals surface area contributed by atoms with Crippen LogP contribution in [0, 0.1) is 0 Å². The SMILES string of the molecule is CCCCOC(=O)/C=C/C(=O)Oc1ccc(C(C)C)cc1. The van der Waals surface area contributed by atoms with Crippen molar-refractivity contribution >= 4 is 11.9 Å². The maximum atomic E-state index is 11.5. The van der Waals surface area contributed by atoms with Gasteiger partial charge in [0.05, 0.1) is 6.61 Å². The Bertz CT molecular complexity index is 486. The van der Waals surface area contributed by atoms with E-state index in [0.717, 1.165) is 25.0 Å². The molecule has 4 heteroatoms. The van der Waals surface area contributed by atoms with Crippen LogP contribution >= 0.6 is 0 Å². The molecule has 0 saturated heterocycles. The van der Waals surface area contributed by atoms with E-state index in [1.807, 2.05) is 19.1 Å². The molecule has 1 rings (SSSR count). The minimum absolute atomic E-state index is 0.366. The van der Waals surface area contributed by atoms with E-state index in [-0.39, 0.29) is 0 Å². The second kappa shape index (κ2) is 8.95. The first-order chi connectivity index (χ1) is 10.0. The Labute approximate surface area is 125 Å². The van der Waals surface area contributed by atoms with Gasteiger partial charge in [-0.05, 0) is 30.0 Å². The van der Waals surface area contributed by atoms with E-state index >= 15 is 0 Å². The summed E-state index contributed by atoms with van der Waals surface area (Å²) in [6.07, 6.45) is 3.92. The first kappa shape index (κ1) is 17.0. The number of hydrogen-bond acceptors (Lipinski definition) is 4. The summed E-state index contributed by atoms with van der Waals surface area (Å²) in [7, 11) is 0. The third-order valence-corrected chi connectivity index (χ3v) is 2.86. The summed E-state index contributed by atoms with van der Waals surface area (Å²) in [4.78, 5) is 22.8. The average Bonchev–Trinajstić information content (AvgIpc) is 2.46. The Morgan fingerprint density at radius 2 is 1.71 bits per heavy atom. The molecule has 114 valence electrons. The number of esters is 2. The third kappa shape index (κ3) is 6.75. The molecule has 0 spiro atoms. The summed E-state index contributed by atoms with van der Waals surface area (Å²) < 4.78 is 9.98. The van der Waals surface area contributed by atoms with Crippen molar-refractivity contribution in [1.82, 2.24) is 0 Å². The van der Waals surface area contributed by atoms with E-state index in [1.165, 1.54) is 5.56 Å². The molecule has 0 aliphatic heterocycles. The molecular weight excluding hydrogens is 268 g/mol. The number of benzene rings is 1. The Balaban J connectivity index is 2.44. The van der Waals surface area contributed by atoms with Gasteiger partial charge in [0, 0.05) is 12.2 Å². The second-order valence-corrected chi connectivity index (χ2v) is 5.00. The summed E-state index contributed by atoms with van der Waals surface area (Å²) in [5, 5.41) is 0. The molecule has 0 amide bonds. The lowest BCUT2D eigenvalue weighted by Gasteiger charge is -2.06. The zero-order valence-corrected chi connectivity index (χ0v) is 12.8. The molecule has 0 saturated carbocycles. The molecule has 1 aromatic carbocycles. The van der Waals surface area contributed by atoms with Crippen LogP contribution in [-0.2, 0) is 14.3 Å². The molecule has 0 radical (unpaired) electrons. The molecule has 0 N–H and O–H groups in total. The summed E-state index contributed by atoms with van der Waals surface area (Å²) in [5.74, 6) is -0.253. The van der Waals surface area contributed by atoms with Crippen molar-refractivity contribution in [3.05, 3.63) is 42.0 Å². The predicted octanol–water partition coefficient (Wildman–Crippen LogP) is 3.61. The van der Waals surface area contributed by atoms with Gasteiger partial charge in [-0.3, -0.25) is 0 Å². The van der Waals surface area contributed by atoms with Gasteiger partial charge in [0.2, 0.25) is 0 Å². The number of ether oxygens (including phenoxy) is 2. The van der Waals surface area contributed by atoms with Crippen molar-refractivity contribution in [3.8, 4) is 5.75 Å². The van der Waals surface area contributed by atoms with Crippen LogP contribution in [0.15, 0.2) is 36.4 Å². The first-order valence-corrected chi connectivity index (χ1v) is 7.19. The smallest absolute Gasteiger partial charge is 0.336 e. The van der Waals surface area contributed by atoms with Crippen LogP contribution in [0.4, 0.5) is 0 Å². The minimum Gasteiger partial charge on any atom is -0.463 e. The third-order valence-electron chi connectivity index (χ3n) is 2.86. The van der Waals surface area contributed by atoms with Crippen LogP contribution in [0.2, 0.25) is 0 Å². The highest BCUT2D eigenvalue weighted by atomic mass is 16.5. The van der Waals surface area contributed by atoms with Gasteiger partial charge in [-0.1, -0.05) is 39.3 Å². The molecular formula is C17H22O4. The number of carbonyl (C=O) groups is 2. The summed E-state index contributed by atoms with van der Waals surface area (Å²) in [6.45, 7) is 6.55. The fourth-order valence-corrected chi connectivity index (χ4v) is 1.57.